The predicted octanol–water partition coefficient (Wildman–Crippen LogP) is 0.491. The molecule has 144 valence electrons. The highest BCUT2D eigenvalue weighted by Gasteiger charge is 2.36. The molecule has 3 rings (SSSR count). The van der Waals surface area contributed by atoms with Crippen LogP contribution >= 0.6 is 12.4 Å². The summed E-state index contributed by atoms with van der Waals surface area (Å²) >= 11 is 0. The van der Waals surface area contributed by atoms with Crippen molar-refractivity contribution in [1.29, 1.82) is 0 Å². The molecule has 0 aromatic heterocycles. The van der Waals surface area contributed by atoms with E-state index < -0.39 is 0 Å². The number of para-hydroxylation sites is 2. The predicted molar refractivity (Wildman–Crippen MR) is 103 cm³/mol. The van der Waals surface area contributed by atoms with Gasteiger partial charge in [0.25, 0.3) is 0 Å². The number of piperazine rings is 1. The van der Waals surface area contributed by atoms with Crippen LogP contribution in [0, 0.1) is 5.92 Å². The molecule has 2 amide bonds. The molecule has 0 bridgehead atoms. The average Bonchev–Trinajstić information content (AvgIpc) is 3.04. The van der Waals surface area contributed by atoms with Crippen molar-refractivity contribution in [2.45, 2.75) is 6.42 Å². The Morgan fingerprint density at radius 2 is 2.04 bits per heavy atom. The molecule has 0 spiro atoms. The molecule has 1 aromatic carbocycles. The summed E-state index contributed by atoms with van der Waals surface area (Å²) in [4.78, 5) is 28.7. The number of carbonyl (C=O) groups is 2. The van der Waals surface area contributed by atoms with Crippen molar-refractivity contribution in [3.63, 3.8) is 0 Å². The smallest absolute Gasteiger partial charge is 0.227 e. The number of methoxy groups -OCH3 is 1. The molecule has 2 N–H and O–H groups in total. The number of halogens is 1. The number of anilines is 1. The fraction of sp³-hybridized carbons (Fsp3) is 0.556. The van der Waals surface area contributed by atoms with Crippen LogP contribution in [0.4, 0.5) is 5.69 Å². The van der Waals surface area contributed by atoms with Gasteiger partial charge in [-0.1, -0.05) is 12.1 Å². The van der Waals surface area contributed by atoms with Gasteiger partial charge in [0.05, 0.1) is 18.7 Å². The van der Waals surface area contributed by atoms with E-state index in [1.165, 1.54) is 0 Å². The Labute approximate surface area is 160 Å². The Bertz CT molecular complexity index is 622. The van der Waals surface area contributed by atoms with Gasteiger partial charge in [-0.25, -0.2) is 0 Å². The van der Waals surface area contributed by atoms with E-state index in [2.05, 4.69) is 15.5 Å². The van der Waals surface area contributed by atoms with E-state index in [-0.39, 0.29) is 36.6 Å². The average molecular weight is 383 g/mol. The highest BCUT2D eigenvalue weighted by atomic mass is 35.5. The molecule has 1 aromatic rings. The fourth-order valence-corrected chi connectivity index (χ4v) is 3.39. The van der Waals surface area contributed by atoms with E-state index in [1.54, 1.807) is 12.0 Å². The number of rotatable bonds is 6. The van der Waals surface area contributed by atoms with Crippen LogP contribution in [0.15, 0.2) is 24.3 Å². The van der Waals surface area contributed by atoms with Gasteiger partial charge in [-0.2, -0.15) is 0 Å². The third-order valence-corrected chi connectivity index (χ3v) is 4.81. The number of hydrogen-bond acceptors (Lipinski definition) is 5. The van der Waals surface area contributed by atoms with Crippen LogP contribution in [-0.4, -0.2) is 69.6 Å². The van der Waals surface area contributed by atoms with E-state index in [4.69, 9.17) is 4.74 Å². The zero-order chi connectivity index (χ0) is 17.6. The SMILES string of the molecule is COc1ccccc1N1CC(C(=O)NCCN2CCNCC2)CC1=O.Cl. The van der Waals surface area contributed by atoms with Crippen molar-refractivity contribution in [1.82, 2.24) is 15.5 Å². The van der Waals surface area contributed by atoms with Gasteiger partial charge in [0.1, 0.15) is 5.75 Å². The van der Waals surface area contributed by atoms with Crippen LogP contribution in [0.5, 0.6) is 5.75 Å². The molecular weight excluding hydrogens is 356 g/mol. The molecule has 0 saturated carbocycles. The summed E-state index contributed by atoms with van der Waals surface area (Å²) in [6, 6.07) is 7.40. The van der Waals surface area contributed by atoms with Crippen LogP contribution in [0.1, 0.15) is 6.42 Å². The summed E-state index contributed by atoms with van der Waals surface area (Å²) in [6.07, 6.45) is 0.248. The topological polar surface area (TPSA) is 73.9 Å². The maximum Gasteiger partial charge on any atom is 0.227 e. The number of amides is 2. The monoisotopic (exact) mass is 382 g/mol. The maximum atomic E-state index is 12.4. The summed E-state index contributed by atoms with van der Waals surface area (Å²) < 4.78 is 5.33. The molecule has 26 heavy (non-hydrogen) atoms. The summed E-state index contributed by atoms with van der Waals surface area (Å²) in [5.41, 5.74) is 0.728. The summed E-state index contributed by atoms with van der Waals surface area (Å²) in [7, 11) is 1.58. The highest BCUT2D eigenvalue weighted by Crippen LogP contribution is 2.32. The van der Waals surface area contributed by atoms with E-state index in [0.717, 1.165) is 38.4 Å². The second kappa shape index (κ2) is 9.75. The van der Waals surface area contributed by atoms with E-state index in [0.29, 0.717) is 18.8 Å². The lowest BCUT2D eigenvalue weighted by Crippen LogP contribution is -2.46. The van der Waals surface area contributed by atoms with Crippen LogP contribution in [0.3, 0.4) is 0 Å². The Balaban J connectivity index is 0.00000243. The van der Waals surface area contributed by atoms with Crippen LogP contribution in [0.25, 0.3) is 0 Å². The lowest BCUT2D eigenvalue weighted by Gasteiger charge is -2.27. The molecule has 2 aliphatic heterocycles. The first-order valence-electron chi connectivity index (χ1n) is 8.83. The highest BCUT2D eigenvalue weighted by molar-refractivity contribution is 6.01. The normalized spacial score (nSPS) is 20.6. The number of nitrogens with zero attached hydrogens (tertiary/aromatic N) is 2. The summed E-state index contributed by atoms with van der Waals surface area (Å²) in [5.74, 6) is 0.267. The maximum absolute atomic E-state index is 12.4. The van der Waals surface area contributed by atoms with Crippen molar-refractivity contribution in [2.75, 3.05) is 57.8 Å². The third-order valence-electron chi connectivity index (χ3n) is 4.81. The molecule has 0 radical (unpaired) electrons. The van der Waals surface area contributed by atoms with Gasteiger partial charge >= 0.3 is 0 Å². The largest absolute Gasteiger partial charge is 0.495 e. The van der Waals surface area contributed by atoms with E-state index >= 15 is 0 Å². The molecule has 1 atom stereocenters. The lowest BCUT2D eigenvalue weighted by molar-refractivity contribution is -0.126. The van der Waals surface area contributed by atoms with Crippen molar-refractivity contribution >= 4 is 29.9 Å². The second-order valence-corrected chi connectivity index (χ2v) is 6.46. The van der Waals surface area contributed by atoms with Gasteiger partial charge in [0, 0.05) is 52.2 Å². The molecule has 1 unspecified atom stereocenters. The number of benzene rings is 1. The second-order valence-electron chi connectivity index (χ2n) is 6.46. The number of hydrogen-bond donors (Lipinski definition) is 2. The van der Waals surface area contributed by atoms with E-state index in [1.807, 2.05) is 24.3 Å². The molecule has 8 heteroatoms. The Hall–Kier alpha value is -1.83. The van der Waals surface area contributed by atoms with Gasteiger partial charge in [-0.3, -0.25) is 14.5 Å². The van der Waals surface area contributed by atoms with Crippen molar-refractivity contribution in [2.24, 2.45) is 5.92 Å². The van der Waals surface area contributed by atoms with Crippen molar-refractivity contribution < 1.29 is 14.3 Å². The molecular formula is C18H27ClN4O3. The minimum Gasteiger partial charge on any atom is -0.495 e. The first-order valence-corrected chi connectivity index (χ1v) is 8.83. The quantitative estimate of drug-likeness (QED) is 0.749. The van der Waals surface area contributed by atoms with Crippen molar-refractivity contribution in [3.05, 3.63) is 24.3 Å². The van der Waals surface area contributed by atoms with Gasteiger partial charge in [-0.05, 0) is 12.1 Å². The van der Waals surface area contributed by atoms with Gasteiger partial charge < -0.3 is 20.3 Å². The first-order chi connectivity index (χ1) is 12.2. The zero-order valence-corrected chi connectivity index (χ0v) is 15.9. The Kier molecular flexibility index (Phi) is 7.68. The molecule has 2 saturated heterocycles. The molecule has 7 nitrogen and oxygen atoms in total. The molecule has 2 fully saturated rings. The minimum absolute atomic E-state index is 0. The first kappa shape index (κ1) is 20.5. The standard InChI is InChI=1S/C18H26N4O3.ClH/c1-25-16-5-3-2-4-15(16)22-13-14(12-17(22)23)18(24)20-8-11-21-9-6-19-7-10-21;/h2-5,14,19H,6-13H2,1H3,(H,20,24);1H. The van der Waals surface area contributed by atoms with Crippen LogP contribution in [-0.2, 0) is 9.59 Å². The van der Waals surface area contributed by atoms with Crippen LogP contribution in [0.2, 0.25) is 0 Å². The third kappa shape index (κ3) is 4.87. The minimum atomic E-state index is -0.305. The Morgan fingerprint density at radius 3 is 2.77 bits per heavy atom. The van der Waals surface area contributed by atoms with E-state index in [9.17, 15) is 9.59 Å². The summed E-state index contributed by atoms with van der Waals surface area (Å²) in [6.45, 7) is 5.90. The fourth-order valence-electron chi connectivity index (χ4n) is 3.39. The number of nitrogens with one attached hydrogen (secondary N) is 2. The van der Waals surface area contributed by atoms with Crippen LogP contribution < -0.4 is 20.3 Å². The zero-order valence-electron chi connectivity index (χ0n) is 15.1. The lowest BCUT2D eigenvalue weighted by atomic mass is 10.1. The number of ether oxygens (including phenoxy) is 1. The molecule has 2 heterocycles. The summed E-state index contributed by atoms with van der Waals surface area (Å²) in [5, 5.41) is 6.29. The number of carbonyl (C=O) groups excluding carboxylic acids is 2. The Morgan fingerprint density at radius 1 is 1.31 bits per heavy atom. The van der Waals surface area contributed by atoms with Gasteiger partial charge in [0.2, 0.25) is 11.8 Å². The van der Waals surface area contributed by atoms with Gasteiger partial charge in [-0.15, -0.1) is 12.4 Å². The molecule has 2 aliphatic rings. The van der Waals surface area contributed by atoms with Crippen molar-refractivity contribution in [3.8, 4) is 5.75 Å². The van der Waals surface area contributed by atoms with Gasteiger partial charge in [0.15, 0.2) is 0 Å². The molecule has 0 aliphatic carbocycles.